The Labute approximate surface area is 128 Å². The molecule has 0 aliphatic carbocycles. The molecule has 0 saturated heterocycles. The van der Waals surface area contributed by atoms with Crippen LogP contribution in [0.15, 0.2) is 24.3 Å². The van der Waals surface area contributed by atoms with Gasteiger partial charge in [0.25, 0.3) is 0 Å². The van der Waals surface area contributed by atoms with Gasteiger partial charge in [0, 0.05) is 17.1 Å². The first-order chi connectivity index (χ1) is 9.31. The maximum atomic E-state index is 6.21. The highest BCUT2D eigenvalue weighted by Gasteiger charge is 2.18. The predicted octanol–water partition coefficient (Wildman–Crippen LogP) is 4.97. The monoisotopic (exact) mass is 297 g/mol. The van der Waals surface area contributed by atoms with E-state index in [1.165, 1.54) is 5.56 Å². The molecule has 0 amide bonds. The van der Waals surface area contributed by atoms with Crippen molar-refractivity contribution in [2.75, 3.05) is 6.54 Å². The molecule has 114 valence electrons. The second-order valence-corrected chi connectivity index (χ2v) is 6.84. The van der Waals surface area contributed by atoms with E-state index >= 15 is 0 Å². The SMILES string of the molecule is CCCC(C)OC(CNC(C)(C)C)c1ccc(Cl)cc1. The largest absolute Gasteiger partial charge is 0.369 e. The van der Waals surface area contributed by atoms with Gasteiger partial charge in [-0.2, -0.15) is 0 Å². The van der Waals surface area contributed by atoms with Crippen LogP contribution in [0.1, 0.15) is 59.1 Å². The van der Waals surface area contributed by atoms with Gasteiger partial charge in [-0.15, -0.1) is 0 Å². The summed E-state index contributed by atoms with van der Waals surface area (Å²) in [6.45, 7) is 11.6. The lowest BCUT2D eigenvalue weighted by atomic mass is 10.1. The highest BCUT2D eigenvalue weighted by Crippen LogP contribution is 2.22. The van der Waals surface area contributed by atoms with Gasteiger partial charge in [0.2, 0.25) is 0 Å². The van der Waals surface area contributed by atoms with Crippen molar-refractivity contribution in [2.24, 2.45) is 0 Å². The third kappa shape index (κ3) is 6.74. The molecule has 0 saturated carbocycles. The van der Waals surface area contributed by atoms with Crippen LogP contribution in [-0.2, 0) is 4.74 Å². The molecule has 20 heavy (non-hydrogen) atoms. The maximum Gasteiger partial charge on any atom is 0.0953 e. The zero-order valence-corrected chi connectivity index (χ0v) is 14.1. The van der Waals surface area contributed by atoms with Crippen molar-refractivity contribution in [3.63, 3.8) is 0 Å². The molecule has 0 aromatic heterocycles. The van der Waals surface area contributed by atoms with Crippen LogP contribution in [0.3, 0.4) is 0 Å². The highest BCUT2D eigenvalue weighted by molar-refractivity contribution is 6.30. The van der Waals surface area contributed by atoms with E-state index in [0.717, 1.165) is 24.4 Å². The number of hydrogen-bond donors (Lipinski definition) is 1. The Morgan fingerprint density at radius 3 is 2.30 bits per heavy atom. The lowest BCUT2D eigenvalue weighted by Crippen LogP contribution is -2.39. The van der Waals surface area contributed by atoms with E-state index in [-0.39, 0.29) is 17.7 Å². The third-order valence-electron chi connectivity index (χ3n) is 3.15. The lowest BCUT2D eigenvalue weighted by Gasteiger charge is -2.28. The minimum atomic E-state index is 0.0630. The number of benzene rings is 1. The van der Waals surface area contributed by atoms with Crippen molar-refractivity contribution >= 4 is 11.6 Å². The molecule has 0 aliphatic heterocycles. The smallest absolute Gasteiger partial charge is 0.0953 e. The summed E-state index contributed by atoms with van der Waals surface area (Å²) in [7, 11) is 0. The van der Waals surface area contributed by atoms with Crippen LogP contribution in [0.5, 0.6) is 0 Å². The molecule has 0 heterocycles. The molecule has 0 fully saturated rings. The fraction of sp³-hybridized carbons (Fsp3) is 0.647. The number of nitrogens with one attached hydrogen (secondary N) is 1. The summed E-state index contributed by atoms with van der Waals surface area (Å²) in [6.07, 6.45) is 2.55. The Kier molecular flexibility index (Phi) is 7.01. The highest BCUT2D eigenvalue weighted by atomic mass is 35.5. The average molecular weight is 298 g/mol. The standard InChI is InChI=1S/C17H28ClNO/c1-6-7-13(2)20-16(12-19-17(3,4)5)14-8-10-15(18)11-9-14/h8-11,13,16,19H,6-7,12H2,1-5H3. The molecule has 3 heteroatoms. The van der Waals surface area contributed by atoms with Crippen molar-refractivity contribution in [1.82, 2.24) is 5.32 Å². The Morgan fingerprint density at radius 2 is 1.80 bits per heavy atom. The van der Waals surface area contributed by atoms with E-state index in [1.54, 1.807) is 0 Å². The van der Waals surface area contributed by atoms with Crippen molar-refractivity contribution in [2.45, 2.75) is 65.2 Å². The lowest BCUT2D eigenvalue weighted by molar-refractivity contribution is -0.00993. The van der Waals surface area contributed by atoms with Crippen molar-refractivity contribution in [3.8, 4) is 0 Å². The summed E-state index contributed by atoms with van der Waals surface area (Å²) in [4.78, 5) is 0. The van der Waals surface area contributed by atoms with E-state index in [1.807, 2.05) is 12.1 Å². The fourth-order valence-electron chi connectivity index (χ4n) is 2.08. The number of hydrogen-bond acceptors (Lipinski definition) is 2. The van der Waals surface area contributed by atoms with Crippen LogP contribution < -0.4 is 5.32 Å². The minimum absolute atomic E-state index is 0.0630. The molecule has 0 aliphatic rings. The molecule has 1 aromatic rings. The molecule has 2 unspecified atom stereocenters. The van der Waals surface area contributed by atoms with Gasteiger partial charge in [-0.1, -0.05) is 37.1 Å². The zero-order valence-electron chi connectivity index (χ0n) is 13.4. The first kappa shape index (κ1) is 17.5. The van der Waals surface area contributed by atoms with Crippen LogP contribution in [0.25, 0.3) is 0 Å². The van der Waals surface area contributed by atoms with Crippen LogP contribution in [-0.4, -0.2) is 18.2 Å². The third-order valence-corrected chi connectivity index (χ3v) is 3.40. The van der Waals surface area contributed by atoms with E-state index in [2.05, 4.69) is 52.1 Å². The predicted molar refractivity (Wildman–Crippen MR) is 87.4 cm³/mol. The van der Waals surface area contributed by atoms with Crippen molar-refractivity contribution in [3.05, 3.63) is 34.9 Å². The van der Waals surface area contributed by atoms with Crippen LogP contribution in [0, 0.1) is 0 Å². The molecular formula is C17H28ClNO. The van der Waals surface area contributed by atoms with E-state index < -0.39 is 0 Å². The molecule has 0 bridgehead atoms. The average Bonchev–Trinajstić information content (AvgIpc) is 2.35. The maximum absolute atomic E-state index is 6.21. The van der Waals surface area contributed by atoms with Crippen molar-refractivity contribution < 1.29 is 4.74 Å². The second kappa shape index (κ2) is 8.02. The molecule has 2 atom stereocenters. The quantitative estimate of drug-likeness (QED) is 0.767. The minimum Gasteiger partial charge on any atom is -0.369 e. The Balaban J connectivity index is 2.75. The van der Waals surface area contributed by atoms with Gasteiger partial charge in [0.05, 0.1) is 12.2 Å². The topological polar surface area (TPSA) is 21.3 Å². The molecule has 0 radical (unpaired) electrons. The molecule has 1 aromatic carbocycles. The van der Waals surface area contributed by atoms with Crippen LogP contribution in [0.2, 0.25) is 5.02 Å². The van der Waals surface area contributed by atoms with Gasteiger partial charge >= 0.3 is 0 Å². The van der Waals surface area contributed by atoms with Gasteiger partial charge in [0.1, 0.15) is 0 Å². The van der Waals surface area contributed by atoms with Crippen LogP contribution >= 0.6 is 11.6 Å². The molecule has 2 nitrogen and oxygen atoms in total. The van der Waals surface area contributed by atoms with E-state index in [9.17, 15) is 0 Å². The van der Waals surface area contributed by atoms with Gasteiger partial charge < -0.3 is 10.1 Å². The zero-order chi connectivity index (χ0) is 15.2. The summed E-state index contributed by atoms with van der Waals surface area (Å²) < 4.78 is 6.21. The first-order valence-corrected chi connectivity index (χ1v) is 7.85. The molecule has 0 spiro atoms. The van der Waals surface area contributed by atoms with Crippen molar-refractivity contribution in [1.29, 1.82) is 0 Å². The first-order valence-electron chi connectivity index (χ1n) is 7.47. The Morgan fingerprint density at radius 1 is 1.20 bits per heavy atom. The second-order valence-electron chi connectivity index (χ2n) is 6.41. The number of ether oxygens (including phenoxy) is 1. The Bertz CT molecular complexity index is 383. The van der Waals surface area contributed by atoms with Gasteiger partial charge in [-0.05, 0) is 51.8 Å². The molecule has 1 rings (SSSR count). The summed E-state index contributed by atoms with van der Waals surface area (Å²) in [5, 5.41) is 4.29. The molecule has 1 N–H and O–H groups in total. The van der Waals surface area contributed by atoms with Crippen LogP contribution in [0.4, 0.5) is 0 Å². The fourth-order valence-corrected chi connectivity index (χ4v) is 2.20. The Hall–Kier alpha value is -0.570. The van der Waals surface area contributed by atoms with E-state index in [0.29, 0.717) is 0 Å². The number of halogens is 1. The summed E-state index contributed by atoms with van der Waals surface area (Å²) >= 11 is 5.97. The van der Waals surface area contributed by atoms with Gasteiger partial charge in [-0.3, -0.25) is 0 Å². The normalized spacial score (nSPS) is 15.1. The summed E-state index contributed by atoms with van der Waals surface area (Å²) in [5.74, 6) is 0. The van der Waals surface area contributed by atoms with Gasteiger partial charge in [0.15, 0.2) is 0 Å². The summed E-state index contributed by atoms with van der Waals surface area (Å²) in [5.41, 5.74) is 1.26. The molecular weight excluding hydrogens is 270 g/mol. The number of rotatable bonds is 7. The summed E-state index contributed by atoms with van der Waals surface area (Å²) in [6, 6.07) is 7.95. The van der Waals surface area contributed by atoms with E-state index in [4.69, 9.17) is 16.3 Å². The van der Waals surface area contributed by atoms with Gasteiger partial charge in [-0.25, -0.2) is 0 Å².